The summed E-state index contributed by atoms with van der Waals surface area (Å²) in [5, 5.41) is 3.73. The summed E-state index contributed by atoms with van der Waals surface area (Å²) >= 11 is 0. The first-order valence-corrected chi connectivity index (χ1v) is 6.19. The molecule has 15 heavy (non-hydrogen) atoms. The molecular weight excluding hydrogens is 190 g/mol. The van der Waals surface area contributed by atoms with Crippen LogP contribution in [0.5, 0.6) is 0 Å². The van der Waals surface area contributed by atoms with Crippen molar-refractivity contribution in [3.63, 3.8) is 0 Å². The lowest BCUT2D eigenvalue weighted by Crippen LogP contribution is -2.62. The normalized spacial score (nSPS) is 42.8. The van der Waals surface area contributed by atoms with Crippen molar-refractivity contribution in [2.75, 3.05) is 19.8 Å². The molecule has 0 radical (unpaired) electrons. The van der Waals surface area contributed by atoms with Crippen LogP contribution in [0.4, 0.5) is 0 Å². The molecule has 0 aromatic rings. The van der Waals surface area contributed by atoms with E-state index in [1.54, 1.807) is 0 Å². The average Bonchev–Trinajstić information content (AvgIpc) is 2.44. The van der Waals surface area contributed by atoms with Crippen LogP contribution in [0.2, 0.25) is 0 Å². The fourth-order valence-corrected chi connectivity index (χ4v) is 2.58. The Morgan fingerprint density at radius 3 is 2.80 bits per heavy atom. The minimum absolute atomic E-state index is 0.0977. The zero-order valence-corrected chi connectivity index (χ0v) is 9.97. The van der Waals surface area contributed by atoms with Crippen molar-refractivity contribution in [2.45, 2.75) is 57.2 Å². The molecule has 2 saturated heterocycles. The molecule has 1 spiro atoms. The second-order valence-corrected chi connectivity index (χ2v) is 5.10. The molecule has 2 atom stereocenters. The van der Waals surface area contributed by atoms with Crippen molar-refractivity contribution >= 4 is 0 Å². The van der Waals surface area contributed by atoms with Crippen LogP contribution in [-0.2, 0) is 9.47 Å². The molecule has 2 aliphatic heterocycles. The molecule has 1 N–H and O–H groups in total. The number of hydrogen-bond acceptors (Lipinski definition) is 3. The Morgan fingerprint density at radius 2 is 2.00 bits per heavy atom. The minimum Gasteiger partial charge on any atom is -0.381 e. The first kappa shape index (κ1) is 11.4. The lowest BCUT2D eigenvalue weighted by atomic mass is 9.88. The van der Waals surface area contributed by atoms with E-state index in [1.165, 1.54) is 6.42 Å². The van der Waals surface area contributed by atoms with E-state index in [0.29, 0.717) is 0 Å². The summed E-state index contributed by atoms with van der Waals surface area (Å²) in [5.74, 6) is 0. The summed E-state index contributed by atoms with van der Waals surface area (Å²) in [6.45, 7) is 7.15. The number of hydrogen-bond donors (Lipinski definition) is 1. The van der Waals surface area contributed by atoms with Crippen LogP contribution in [0.15, 0.2) is 0 Å². The lowest BCUT2D eigenvalue weighted by Gasteiger charge is -2.47. The van der Waals surface area contributed by atoms with Gasteiger partial charge in [0.05, 0.1) is 13.2 Å². The molecule has 2 fully saturated rings. The molecule has 0 bridgehead atoms. The van der Waals surface area contributed by atoms with Crippen LogP contribution in [0.1, 0.15) is 46.0 Å². The highest BCUT2D eigenvalue weighted by Gasteiger charge is 2.41. The number of rotatable bonds is 1. The summed E-state index contributed by atoms with van der Waals surface area (Å²) in [5.41, 5.74) is 0.155. The van der Waals surface area contributed by atoms with Crippen LogP contribution >= 0.6 is 0 Å². The monoisotopic (exact) mass is 213 g/mol. The smallest absolute Gasteiger partial charge is 0.121 e. The van der Waals surface area contributed by atoms with Crippen LogP contribution in [0.25, 0.3) is 0 Å². The third kappa shape index (κ3) is 2.52. The van der Waals surface area contributed by atoms with Crippen LogP contribution < -0.4 is 5.32 Å². The minimum atomic E-state index is -0.0977. The Labute approximate surface area is 92.5 Å². The van der Waals surface area contributed by atoms with Gasteiger partial charge in [0.15, 0.2) is 0 Å². The third-order valence-corrected chi connectivity index (χ3v) is 3.86. The molecule has 0 amide bonds. The van der Waals surface area contributed by atoms with E-state index >= 15 is 0 Å². The van der Waals surface area contributed by atoms with E-state index in [0.717, 1.165) is 45.5 Å². The zero-order valence-electron chi connectivity index (χ0n) is 9.97. The van der Waals surface area contributed by atoms with Gasteiger partial charge in [-0.05, 0) is 32.6 Å². The van der Waals surface area contributed by atoms with Gasteiger partial charge in [-0.15, -0.1) is 0 Å². The van der Waals surface area contributed by atoms with Crippen LogP contribution in [0, 0.1) is 0 Å². The van der Waals surface area contributed by atoms with Gasteiger partial charge in [-0.2, -0.15) is 0 Å². The quantitative estimate of drug-likeness (QED) is 0.723. The molecule has 2 heterocycles. The van der Waals surface area contributed by atoms with Gasteiger partial charge in [0.25, 0.3) is 0 Å². The summed E-state index contributed by atoms with van der Waals surface area (Å²) in [7, 11) is 0. The summed E-state index contributed by atoms with van der Waals surface area (Å²) in [6, 6.07) is 0. The van der Waals surface area contributed by atoms with Crippen molar-refractivity contribution in [1.29, 1.82) is 0 Å². The summed E-state index contributed by atoms with van der Waals surface area (Å²) in [4.78, 5) is 0. The number of nitrogens with one attached hydrogen (secondary N) is 1. The first-order chi connectivity index (χ1) is 7.18. The Balaban J connectivity index is 2.06. The highest BCUT2D eigenvalue weighted by atomic mass is 16.5. The van der Waals surface area contributed by atoms with Gasteiger partial charge in [-0.3, -0.25) is 5.32 Å². The second-order valence-electron chi connectivity index (χ2n) is 5.10. The maximum atomic E-state index is 5.99. The van der Waals surface area contributed by atoms with Crippen molar-refractivity contribution < 1.29 is 9.47 Å². The van der Waals surface area contributed by atoms with Gasteiger partial charge in [0.2, 0.25) is 0 Å². The molecule has 2 unspecified atom stereocenters. The third-order valence-electron chi connectivity index (χ3n) is 3.86. The molecule has 2 rings (SSSR count). The van der Waals surface area contributed by atoms with E-state index in [-0.39, 0.29) is 11.3 Å². The van der Waals surface area contributed by atoms with Crippen LogP contribution in [-0.4, -0.2) is 31.1 Å². The van der Waals surface area contributed by atoms with E-state index in [1.807, 2.05) is 0 Å². The fourth-order valence-electron chi connectivity index (χ4n) is 2.58. The predicted octanol–water partition coefficient (Wildman–Crippen LogP) is 2.06. The molecule has 3 heteroatoms. The first-order valence-electron chi connectivity index (χ1n) is 6.19. The Morgan fingerprint density at radius 1 is 1.13 bits per heavy atom. The zero-order chi connectivity index (χ0) is 10.8. The van der Waals surface area contributed by atoms with Gasteiger partial charge in [-0.1, -0.05) is 6.92 Å². The molecule has 0 aliphatic carbocycles. The molecular formula is C12H23NO2. The molecule has 0 aromatic heterocycles. The van der Waals surface area contributed by atoms with Crippen molar-refractivity contribution in [2.24, 2.45) is 0 Å². The fraction of sp³-hybridized carbons (Fsp3) is 1.00. The Hall–Kier alpha value is -0.120. The predicted molar refractivity (Wildman–Crippen MR) is 59.8 cm³/mol. The van der Waals surface area contributed by atoms with Crippen molar-refractivity contribution in [3.8, 4) is 0 Å². The Bertz CT molecular complexity index is 212. The molecule has 3 nitrogen and oxygen atoms in total. The topological polar surface area (TPSA) is 30.5 Å². The van der Waals surface area contributed by atoms with E-state index in [9.17, 15) is 0 Å². The van der Waals surface area contributed by atoms with Crippen LogP contribution in [0.3, 0.4) is 0 Å². The van der Waals surface area contributed by atoms with Crippen molar-refractivity contribution in [1.82, 2.24) is 5.32 Å². The molecule has 0 saturated carbocycles. The van der Waals surface area contributed by atoms with Gasteiger partial charge >= 0.3 is 0 Å². The molecule has 0 aromatic carbocycles. The standard InChI is InChI=1S/C12H23NO2/c1-3-11(2)6-10-15-12(13-11)5-4-8-14-9-7-12/h13H,3-10H2,1-2H3. The largest absolute Gasteiger partial charge is 0.381 e. The van der Waals surface area contributed by atoms with Gasteiger partial charge in [0, 0.05) is 18.6 Å². The highest BCUT2D eigenvalue weighted by molar-refractivity contribution is 4.94. The van der Waals surface area contributed by atoms with E-state index in [4.69, 9.17) is 9.47 Å². The van der Waals surface area contributed by atoms with Gasteiger partial charge in [0.1, 0.15) is 5.72 Å². The Kier molecular flexibility index (Phi) is 3.33. The lowest BCUT2D eigenvalue weighted by molar-refractivity contribution is -0.139. The summed E-state index contributed by atoms with van der Waals surface area (Å²) in [6.07, 6.45) is 5.46. The average molecular weight is 213 g/mol. The molecule has 2 aliphatic rings. The highest BCUT2D eigenvalue weighted by Crippen LogP contribution is 2.32. The van der Waals surface area contributed by atoms with Gasteiger partial charge < -0.3 is 9.47 Å². The maximum Gasteiger partial charge on any atom is 0.121 e. The summed E-state index contributed by atoms with van der Waals surface area (Å²) < 4.78 is 11.5. The van der Waals surface area contributed by atoms with Gasteiger partial charge in [-0.25, -0.2) is 0 Å². The SMILES string of the molecule is CCC1(C)CCOC2(CCCOCC2)N1. The second kappa shape index (κ2) is 4.40. The number of ether oxygens (including phenoxy) is 2. The van der Waals surface area contributed by atoms with E-state index in [2.05, 4.69) is 19.2 Å². The maximum absolute atomic E-state index is 5.99. The van der Waals surface area contributed by atoms with Crippen molar-refractivity contribution in [3.05, 3.63) is 0 Å². The molecule has 88 valence electrons. The van der Waals surface area contributed by atoms with E-state index < -0.39 is 0 Å².